The Morgan fingerprint density at radius 1 is 1.03 bits per heavy atom. The highest BCUT2D eigenvalue weighted by Crippen LogP contribution is 2.32. The Hall–Kier alpha value is -2.73. The van der Waals surface area contributed by atoms with Crippen LogP contribution in [-0.2, 0) is 4.79 Å². The highest BCUT2D eigenvalue weighted by Gasteiger charge is 2.29. The molecule has 2 aliphatic rings. The molecule has 2 fully saturated rings. The van der Waals surface area contributed by atoms with E-state index >= 15 is 0 Å². The number of halogens is 2. The lowest BCUT2D eigenvalue weighted by molar-refractivity contribution is -0.117. The molecule has 6 heteroatoms. The van der Waals surface area contributed by atoms with Crippen molar-refractivity contribution in [1.29, 1.82) is 0 Å². The van der Waals surface area contributed by atoms with E-state index in [1.807, 2.05) is 0 Å². The molecule has 4 rings (SSSR count). The molecule has 0 unspecified atom stereocenters. The van der Waals surface area contributed by atoms with Gasteiger partial charge in [0.05, 0.1) is 0 Å². The number of anilines is 1. The number of hydrogen-bond acceptors (Lipinski definition) is 3. The minimum absolute atomic E-state index is 0.166. The summed E-state index contributed by atoms with van der Waals surface area (Å²) in [4.78, 5) is 17.0. The minimum Gasteiger partial charge on any atom is -0.378 e. The van der Waals surface area contributed by atoms with Crippen LogP contribution < -0.4 is 10.2 Å². The van der Waals surface area contributed by atoms with E-state index in [9.17, 15) is 13.6 Å². The van der Waals surface area contributed by atoms with Crippen LogP contribution in [0.2, 0.25) is 0 Å². The Morgan fingerprint density at radius 3 is 2.35 bits per heavy atom. The fraction of sp³-hybridized carbons (Fsp3) is 0.464. The van der Waals surface area contributed by atoms with Crippen molar-refractivity contribution in [2.24, 2.45) is 5.92 Å². The van der Waals surface area contributed by atoms with E-state index in [2.05, 4.69) is 53.5 Å². The number of carbonyl (C=O) groups is 1. The van der Waals surface area contributed by atoms with Crippen LogP contribution in [0.1, 0.15) is 49.1 Å². The maximum Gasteiger partial charge on any atom is 0.244 e. The SMILES string of the molecule is CN(C)c1ccc(C2CCN(C[C@H]3CC[C@@H](NC(=O)/C=C/c4cc(F)cc(F)c4)C3)CC2)cc1. The summed E-state index contributed by atoms with van der Waals surface area (Å²) < 4.78 is 26.6. The van der Waals surface area contributed by atoms with Gasteiger partial charge in [0.2, 0.25) is 5.91 Å². The Bertz CT molecular complexity index is 977. The number of carbonyl (C=O) groups excluding carboxylic acids is 1. The number of hydrogen-bond donors (Lipinski definition) is 1. The van der Waals surface area contributed by atoms with Gasteiger partial charge in [0, 0.05) is 44.5 Å². The largest absolute Gasteiger partial charge is 0.378 e. The van der Waals surface area contributed by atoms with Crippen LogP contribution in [0.3, 0.4) is 0 Å². The van der Waals surface area contributed by atoms with Gasteiger partial charge in [-0.1, -0.05) is 12.1 Å². The van der Waals surface area contributed by atoms with Gasteiger partial charge in [0.1, 0.15) is 11.6 Å². The van der Waals surface area contributed by atoms with Gasteiger partial charge in [-0.3, -0.25) is 4.79 Å². The highest BCUT2D eigenvalue weighted by molar-refractivity contribution is 5.91. The molecule has 0 bridgehead atoms. The number of nitrogens with zero attached hydrogens (tertiary/aromatic N) is 2. The quantitative estimate of drug-likeness (QED) is 0.568. The van der Waals surface area contributed by atoms with Crippen molar-refractivity contribution in [1.82, 2.24) is 10.2 Å². The second-order valence-corrected chi connectivity index (χ2v) is 9.98. The first-order chi connectivity index (χ1) is 16.4. The summed E-state index contributed by atoms with van der Waals surface area (Å²) in [5.74, 6) is -0.268. The zero-order chi connectivity index (χ0) is 24.1. The van der Waals surface area contributed by atoms with Gasteiger partial charge in [-0.25, -0.2) is 8.78 Å². The molecule has 1 saturated heterocycles. The summed E-state index contributed by atoms with van der Waals surface area (Å²) in [5.41, 5.74) is 3.03. The normalized spacial score (nSPS) is 21.8. The minimum atomic E-state index is -0.648. The van der Waals surface area contributed by atoms with Crippen molar-refractivity contribution in [3.8, 4) is 0 Å². The van der Waals surface area contributed by atoms with E-state index in [1.54, 1.807) is 0 Å². The van der Waals surface area contributed by atoms with Crippen molar-refractivity contribution in [3.63, 3.8) is 0 Å². The van der Waals surface area contributed by atoms with Gasteiger partial charge in [-0.2, -0.15) is 0 Å². The van der Waals surface area contributed by atoms with E-state index in [0.29, 0.717) is 17.4 Å². The number of amides is 1. The standard InChI is InChI=1S/C28H35F2N3O/c1-32(2)27-8-5-22(6-9-27)23-11-13-33(14-12-23)19-21-3-7-26(17-21)31-28(34)10-4-20-15-24(29)18-25(30)16-20/h4-6,8-10,15-16,18,21,23,26H,3,7,11-14,17,19H2,1-2H3,(H,31,34)/b10-4+/t21-,26+/m0/s1. The van der Waals surface area contributed by atoms with Crippen LogP contribution in [0.4, 0.5) is 14.5 Å². The summed E-state index contributed by atoms with van der Waals surface area (Å²) in [5, 5.41) is 3.05. The van der Waals surface area contributed by atoms with E-state index in [-0.39, 0.29) is 11.9 Å². The molecule has 1 aliphatic carbocycles. The molecule has 1 saturated carbocycles. The first-order valence-corrected chi connectivity index (χ1v) is 12.3. The molecular formula is C28H35F2N3O. The fourth-order valence-corrected chi connectivity index (χ4v) is 5.32. The van der Waals surface area contributed by atoms with Gasteiger partial charge >= 0.3 is 0 Å². The first-order valence-electron chi connectivity index (χ1n) is 12.3. The molecule has 1 aliphatic heterocycles. The summed E-state index contributed by atoms with van der Waals surface area (Å²) in [6, 6.07) is 12.4. The molecule has 4 nitrogen and oxygen atoms in total. The zero-order valence-electron chi connectivity index (χ0n) is 20.1. The lowest BCUT2D eigenvalue weighted by Gasteiger charge is -2.34. The molecule has 182 valence electrons. The number of likely N-dealkylation sites (tertiary alicyclic amines) is 1. The van der Waals surface area contributed by atoms with Crippen LogP contribution >= 0.6 is 0 Å². The molecule has 1 heterocycles. The molecule has 2 atom stereocenters. The summed E-state index contributed by atoms with van der Waals surface area (Å²) in [6.07, 6.45) is 8.28. The molecule has 0 spiro atoms. The van der Waals surface area contributed by atoms with Crippen LogP contribution in [0.25, 0.3) is 6.08 Å². The molecule has 2 aromatic carbocycles. The van der Waals surface area contributed by atoms with E-state index < -0.39 is 11.6 Å². The first kappa shape index (κ1) is 24.4. The monoisotopic (exact) mass is 467 g/mol. The van der Waals surface area contributed by atoms with Gasteiger partial charge in [0.25, 0.3) is 0 Å². The van der Waals surface area contributed by atoms with Gasteiger partial charge in [-0.15, -0.1) is 0 Å². The van der Waals surface area contributed by atoms with Gasteiger partial charge in [0.15, 0.2) is 0 Å². The molecule has 34 heavy (non-hydrogen) atoms. The number of rotatable bonds is 7. The molecular weight excluding hydrogens is 432 g/mol. The Kier molecular flexibility index (Phi) is 7.99. The second-order valence-electron chi connectivity index (χ2n) is 9.98. The average Bonchev–Trinajstić information content (AvgIpc) is 3.24. The predicted octanol–water partition coefficient (Wildman–Crippen LogP) is 5.21. The number of piperidine rings is 1. The Morgan fingerprint density at radius 2 is 1.71 bits per heavy atom. The zero-order valence-corrected chi connectivity index (χ0v) is 20.1. The number of nitrogens with one attached hydrogen (secondary N) is 1. The van der Waals surface area contributed by atoms with Gasteiger partial charge < -0.3 is 15.1 Å². The highest BCUT2D eigenvalue weighted by atomic mass is 19.1. The molecule has 2 aromatic rings. The van der Waals surface area contributed by atoms with Crippen LogP contribution in [-0.4, -0.2) is 50.6 Å². The second kappa shape index (κ2) is 11.1. The van der Waals surface area contributed by atoms with Crippen LogP contribution in [0.5, 0.6) is 0 Å². The summed E-state index contributed by atoms with van der Waals surface area (Å²) in [6.45, 7) is 3.35. The smallest absolute Gasteiger partial charge is 0.244 e. The van der Waals surface area contributed by atoms with Crippen molar-refractivity contribution < 1.29 is 13.6 Å². The molecule has 1 amide bonds. The summed E-state index contributed by atoms with van der Waals surface area (Å²) >= 11 is 0. The average molecular weight is 468 g/mol. The fourth-order valence-electron chi connectivity index (χ4n) is 5.32. The van der Waals surface area contributed by atoms with Crippen molar-refractivity contribution in [2.45, 2.75) is 44.1 Å². The van der Waals surface area contributed by atoms with E-state index in [4.69, 9.17) is 0 Å². The lowest BCUT2D eigenvalue weighted by Crippen LogP contribution is -2.37. The lowest BCUT2D eigenvalue weighted by atomic mass is 9.89. The maximum absolute atomic E-state index is 13.3. The van der Waals surface area contributed by atoms with Crippen molar-refractivity contribution in [2.75, 3.05) is 38.6 Å². The van der Waals surface area contributed by atoms with E-state index in [0.717, 1.165) is 45.0 Å². The summed E-state index contributed by atoms with van der Waals surface area (Å²) in [7, 11) is 4.14. The molecule has 0 radical (unpaired) electrons. The molecule has 0 aromatic heterocycles. The van der Waals surface area contributed by atoms with Crippen molar-refractivity contribution >= 4 is 17.7 Å². The van der Waals surface area contributed by atoms with Crippen LogP contribution in [0, 0.1) is 17.6 Å². The predicted molar refractivity (Wildman–Crippen MR) is 134 cm³/mol. The Labute approximate surface area is 201 Å². The number of benzene rings is 2. The van der Waals surface area contributed by atoms with Crippen molar-refractivity contribution in [3.05, 3.63) is 71.3 Å². The topological polar surface area (TPSA) is 35.6 Å². The Balaban J connectivity index is 1.19. The van der Waals surface area contributed by atoms with Gasteiger partial charge in [-0.05, 0) is 98.5 Å². The third-order valence-corrected chi connectivity index (χ3v) is 7.18. The van der Waals surface area contributed by atoms with E-state index in [1.165, 1.54) is 48.4 Å². The maximum atomic E-state index is 13.3. The molecule has 1 N–H and O–H groups in total. The van der Waals surface area contributed by atoms with Crippen LogP contribution in [0.15, 0.2) is 48.5 Å². The third-order valence-electron chi connectivity index (χ3n) is 7.18. The third kappa shape index (κ3) is 6.66.